The smallest absolute Gasteiger partial charge is 0.339 e. The zero-order valence-electron chi connectivity index (χ0n) is 11.6. The molecule has 1 atom stereocenters. The number of nitrogen functional groups attached to an aromatic ring is 1. The van der Waals surface area contributed by atoms with Crippen molar-refractivity contribution in [3.63, 3.8) is 0 Å². The molecule has 0 aliphatic heterocycles. The maximum absolute atomic E-state index is 11.9. The van der Waals surface area contributed by atoms with Gasteiger partial charge in [-0.25, -0.2) is 4.79 Å². The number of carbonyl (C=O) groups is 1. The number of nitrogens with two attached hydrogens (primary N) is 1. The Balaban J connectivity index is 3.18. The molecule has 0 fully saturated rings. The Morgan fingerprint density at radius 2 is 1.94 bits per heavy atom. The van der Waals surface area contributed by atoms with E-state index in [2.05, 4.69) is 0 Å². The van der Waals surface area contributed by atoms with E-state index in [1.807, 2.05) is 33.8 Å². The Hall–Kier alpha value is -1.55. The van der Waals surface area contributed by atoms with Gasteiger partial charge in [-0.1, -0.05) is 12.1 Å². The highest BCUT2D eigenvalue weighted by molar-refractivity contribution is 5.77. The van der Waals surface area contributed by atoms with Crippen LogP contribution in [0.1, 0.15) is 38.0 Å². The monoisotopic (exact) mass is 251 g/mol. The van der Waals surface area contributed by atoms with Crippen molar-refractivity contribution in [1.82, 2.24) is 0 Å². The maximum atomic E-state index is 11.9. The molecule has 18 heavy (non-hydrogen) atoms. The van der Waals surface area contributed by atoms with E-state index < -0.39 is 17.7 Å². The molecule has 100 valence electrons. The summed E-state index contributed by atoms with van der Waals surface area (Å²) >= 11 is 0. The Morgan fingerprint density at radius 3 is 2.44 bits per heavy atom. The van der Waals surface area contributed by atoms with Gasteiger partial charge in [-0.2, -0.15) is 0 Å². The van der Waals surface area contributed by atoms with Crippen LogP contribution < -0.4 is 5.73 Å². The molecule has 0 aromatic heterocycles. The fraction of sp³-hybridized carbons (Fsp3) is 0.500. The number of carbonyl (C=O) groups excluding carboxylic acids is 1. The molecule has 0 saturated carbocycles. The topological polar surface area (TPSA) is 61.5 Å². The molecular weight excluding hydrogens is 230 g/mol. The van der Waals surface area contributed by atoms with Gasteiger partial charge in [0.25, 0.3) is 0 Å². The summed E-state index contributed by atoms with van der Waals surface area (Å²) in [4.78, 5) is 11.9. The van der Waals surface area contributed by atoms with Gasteiger partial charge < -0.3 is 15.2 Å². The average Bonchev–Trinajstić information content (AvgIpc) is 2.28. The summed E-state index contributed by atoms with van der Waals surface area (Å²) < 4.78 is 10.6. The first-order valence-electron chi connectivity index (χ1n) is 5.87. The van der Waals surface area contributed by atoms with Crippen LogP contribution in [0.2, 0.25) is 0 Å². The van der Waals surface area contributed by atoms with Crippen LogP contribution in [0.4, 0.5) is 5.69 Å². The minimum atomic E-state index is -0.751. The third-order valence-corrected chi connectivity index (χ3v) is 2.59. The number of ether oxygens (including phenoxy) is 2. The predicted molar refractivity (Wildman–Crippen MR) is 71.2 cm³/mol. The van der Waals surface area contributed by atoms with Crippen LogP contribution in [0, 0.1) is 6.92 Å². The first-order chi connectivity index (χ1) is 8.26. The third kappa shape index (κ3) is 3.47. The number of esters is 1. The van der Waals surface area contributed by atoms with Gasteiger partial charge >= 0.3 is 5.97 Å². The first-order valence-corrected chi connectivity index (χ1v) is 5.87. The van der Waals surface area contributed by atoms with Crippen molar-refractivity contribution in [3.05, 3.63) is 29.3 Å². The van der Waals surface area contributed by atoms with E-state index in [0.717, 1.165) is 11.1 Å². The highest BCUT2D eigenvalue weighted by atomic mass is 16.6. The molecule has 1 aromatic carbocycles. The molecule has 1 aromatic rings. The second-order valence-corrected chi connectivity index (χ2v) is 5.19. The zero-order chi connectivity index (χ0) is 13.9. The van der Waals surface area contributed by atoms with Crippen LogP contribution in [-0.2, 0) is 14.3 Å². The van der Waals surface area contributed by atoms with Crippen LogP contribution in [-0.4, -0.2) is 18.7 Å². The molecule has 0 spiro atoms. The highest BCUT2D eigenvalue weighted by Crippen LogP contribution is 2.29. The lowest BCUT2D eigenvalue weighted by Crippen LogP contribution is -2.28. The van der Waals surface area contributed by atoms with E-state index in [0.29, 0.717) is 5.69 Å². The largest absolute Gasteiger partial charge is 0.467 e. The third-order valence-electron chi connectivity index (χ3n) is 2.59. The molecule has 1 rings (SSSR count). The Bertz CT molecular complexity index is 435. The van der Waals surface area contributed by atoms with Gasteiger partial charge in [-0.05, 0) is 44.9 Å². The Labute approximate surface area is 108 Å². The van der Waals surface area contributed by atoms with Crippen LogP contribution in [0.25, 0.3) is 0 Å². The number of hydrogen-bond donors (Lipinski definition) is 1. The SMILES string of the molecule is COC(=O)[C@@H](OC(C)(C)C)c1cccc(N)c1C. The van der Waals surface area contributed by atoms with Gasteiger partial charge in [0.15, 0.2) is 6.10 Å². The molecule has 0 amide bonds. The fourth-order valence-electron chi connectivity index (χ4n) is 1.66. The molecule has 0 aliphatic rings. The lowest BCUT2D eigenvalue weighted by Gasteiger charge is -2.27. The fourth-order valence-corrected chi connectivity index (χ4v) is 1.66. The quantitative estimate of drug-likeness (QED) is 0.662. The summed E-state index contributed by atoms with van der Waals surface area (Å²) in [6.07, 6.45) is -0.751. The lowest BCUT2D eigenvalue weighted by atomic mass is 10.0. The van der Waals surface area contributed by atoms with Gasteiger partial charge in [0.2, 0.25) is 0 Å². The van der Waals surface area contributed by atoms with Crippen molar-refractivity contribution < 1.29 is 14.3 Å². The Morgan fingerprint density at radius 1 is 1.33 bits per heavy atom. The molecule has 0 bridgehead atoms. The van der Waals surface area contributed by atoms with Gasteiger partial charge in [0, 0.05) is 5.69 Å². The van der Waals surface area contributed by atoms with E-state index in [1.54, 1.807) is 12.1 Å². The molecule has 4 nitrogen and oxygen atoms in total. The summed E-state index contributed by atoms with van der Waals surface area (Å²) in [5.41, 5.74) is 7.64. The zero-order valence-corrected chi connectivity index (χ0v) is 11.6. The van der Waals surface area contributed by atoms with E-state index >= 15 is 0 Å². The lowest BCUT2D eigenvalue weighted by molar-refractivity contribution is -0.164. The van der Waals surface area contributed by atoms with Crippen molar-refractivity contribution >= 4 is 11.7 Å². The van der Waals surface area contributed by atoms with E-state index in [1.165, 1.54) is 7.11 Å². The van der Waals surface area contributed by atoms with Crippen molar-refractivity contribution in [2.75, 3.05) is 12.8 Å². The standard InChI is InChI=1S/C14H21NO3/c1-9-10(7-6-8-11(9)15)12(13(16)17-5)18-14(2,3)4/h6-8,12H,15H2,1-5H3/t12-/m0/s1. The minimum absolute atomic E-state index is 0.418. The second kappa shape index (κ2) is 5.40. The van der Waals surface area contributed by atoms with E-state index in [-0.39, 0.29) is 0 Å². The van der Waals surface area contributed by atoms with E-state index in [9.17, 15) is 4.79 Å². The highest BCUT2D eigenvalue weighted by Gasteiger charge is 2.29. The summed E-state index contributed by atoms with van der Waals surface area (Å²) in [6, 6.07) is 5.43. The van der Waals surface area contributed by atoms with Crippen molar-refractivity contribution in [2.45, 2.75) is 39.4 Å². The second-order valence-electron chi connectivity index (χ2n) is 5.19. The molecule has 4 heteroatoms. The number of rotatable bonds is 3. The van der Waals surface area contributed by atoms with Crippen LogP contribution in [0.5, 0.6) is 0 Å². The van der Waals surface area contributed by atoms with Crippen molar-refractivity contribution in [3.8, 4) is 0 Å². The van der Waals surface area contributed by atoms with Crippen LogP contribution in [0.15, 0.2) is 18.2 Å². The number of hydrogen-bond acceptors (Lipinski definition) is 4. The van der Waals surface area contributed by atoms with Crippen LogP contribution >= 0.6 is 0 Å². The molecule has 0 aliphatic carbocycles. The molecule has 2 N–H and O–H groups in total. The summed E-state index contributed by atoms with van der Waals surface area (Å²) in [5.74, 6) is -0.418. The molecule has 0 unspecified atom stereocenters. The van der Waals surface area contributed by atoms with E-state index in [4.69, 9.17) is 15.2 Å². The van der Waals surface area contributed by atoms with Gasteiger partial charge in [-0.3, -0.25) is 0 Å². The Kier molecular flexibility index (Phi) is 4.35. The first kappa shape index (κ1) is 14.5. The summed E-state index contributed by atoms with van der Waals surface area (Å²) in [6.45, 7) is 7.55. The van der Waals surface area contributed by atoms with Crippen LogP contribution in [0.3, 0.4) is 0 Å². The summed E-state index contributed by atoms with van der Waals surface area (Å²) in [7, 11) is 1.35. The van der Waals surface area contributed by atoms with Gasteiger partial charge in [0.05, 0.1) is 12.7 Å². The number of anilines is 1. The van der Waals surface area contributed by atoms with Gasteiger partial charge in [0.1, 0.15) is 0 Å². The number of methoxy groups -OCH3 is 1. The molecule has 0 saturated heterocycles. The molecule has 0 heterocycles. The molecule has 0 radical (unpaired) electrons. The van der Waals surface area contributed by atoms with Crippen molar-refractivity contribution in [1.29, 1.82) is 0 Å². The summed E-state index contributed by atoms with van der Waals surface area (Å²) in [5, 5.41) is 0. The number of benzene rings is 1. The normalized spacial score (nSPS) is 13.2. The average molecular weight is 251 g/mol. The minimum Gasteiger partial charge on any atom is -0.467 e. The van der Waals surface area contributed by atoms with Gasteiger partial charge in [-0.15, -0.1) is 0 Å². The van der Waals surface area contributed by atoms with Crippen molar-refractivity contribution in [2.24, 2.45) is 0 Å². The predicted octanol–water partition coefficient (Wildman–Crippen LogP) is 2.61. The maximum Gasteiger partial charge on any atom is 0.339 e. The molecular formula is C14H21NO3.